The molecule has 0 radical (unpaired) electrons. The molecular formula is C21H29CrO2-. The van der Waals surface area contributed by atoms with Crippen LogP contribution in [0.3, 0.4) is 0 Å². The molecule has 0 spiro atoms. The Morgan fingerprint density at radius 3 is 2.21 bits per heavy atom. The van der Waals surface area contributed by atoms with Gasteiger partial charge in [-0.05, 0) is 31.4 Å². The molecule has 3 heteroatoms. The van der Waals surface area contributed by atoms with Gasteiger partial charge in [0.2, 0.25) is 0 Å². The SMILES string of the molecule is CCC[C@@H](O)[C@H](C)c1[c-]c(C)ccc1.COc1ccc(C)cc1.[Cr]. The molecule has 0 amide bonds. The number of hydrogen-bond acceptors (Lipinski definition) is 2. The minimum Gasteiger partial charge on any atom is -0.497 e. The second kappa shape index (κ2) is 12.1. The van der Waals surface area contributed by atoms with Gasteiger partial charge in [-0.1, -0.05) is 44.9 Å². The van der Waals surface area contributed by atoms with E-state index in [9.17, 15) is 5.11 Å². The van der Waals surface area contributed by atoms with Gasteiger partial charge in [0, 0.05) is 17.4 Å². The Hall–Kier alpha value is -1.27. The first-order valence-electron chi connectivity index (χ1n) is 8.25. The maximum absolute atomic E-state index is 9.84. The number of aryl methyl sites for hydroxylation is 2. The van der Waals surface area contributed by atoms with Crippen molar-refractivity contribution in [2.75, 3.05) is 7.11 Å². The zero-order valence-electron chi connectivity index (χ0n) is 15.4. The van der Waals surface area contributed by atoms with E-state index >= 15 is 0 Å². The molecule has 0 aromatic heterocycles. The van der Waals surface area contributed by atoms with Crippen LogP contribution in [-0.4, -0.2) is 18.3 Å². The Labute approximate surface area is 158 Å². The van der Waals surface area contributed by atoms with Gasteiger partial charge >= 0.3 is 0 Å². The summed E-state index contributed by atoms with van der Waals surface area (Å²) in [5.74, 6) is 1.11. The Balaban J connectivity index is 0.000000460. The summed E-state index contributed by atoms with van der Waals surface area (Å²) in [5.41, 5.74) is 3.51. The van der Waals surface area contributed by atoms with E-state index in [1.54, 1.807) is 7.11 Å². The molecule has 2 aromatic carbocycles. The minimum absolute atomic E-state index is 0. The minimum atomic E-state index is -0.238. The fourth-order valence-corrected chi connectivity index (χ4v) is 2.30. The monoisotopic (exact) mass is 365 g/mol. The third-order valence-corrected chi connectivity index (χ3v) is 3.87. The zero-order chi connectivity index (χ0) is 17.2. The van der Waals surface area contributed by atoms with Gasteiger partial charge in [-0.15, -0.1) is 0 Å². The van der Waals surface area contributed by atoms with E-state index in [-0.39, 0.29) is 29.4 Å². The molecule has 2 nitrogen and oxygen atoms in total. The molecule has 0 aliphatic carbocycles. The number of benzene rings is 2. The van der Waals surface area contributed by atoms with Gasteiger partial charge in [-0.3, -0.25) is 0 Å². The van der Waals surface area contributed by atoms with Crippen LogP contribution in [0.2, 0.25) is 0 Å². The van der Waals surface area contributed by atoms with Gasteiger partial charge in [0.1, 0.15) is 5.75 Å². The second-order valence-electron chi connectivity index (χ2n) is 5.95. The number of hydrogen-bond donors (Lipinski definition) is 1. The quantitative estimate of drug-likeness (QED) is 0.751. The van der Waals surface area contributed by atoms with E-state index in [4.69, 9.17) is 4.74 Å². The average molecular weight is 365 g/mol. The Morgan fingerprint density at radius 2 is 1.71 bits per heavy atom. The molecule has 0 fully saturated rings. The predicted octanol–water partition coefficient (Wildman–Crippen LogP) is 5.06. The molecule has 0 saturated carbocycles. The van der Waals surface area contributed by atoms with Gasteiger partial charge in [0.05, 0.1) is 13.2 Å². The summed E-state index contributed by atoms with van der Waals surface area (Å²) in [6, 6.07) is 17.3. The second-order valence-corrected chi connectivity index (χ2v) is 5.95. The number of aliphatic hydroxyl groups is 1. The first kappa shape index (κ1) is 22.7. The molecule has 0 aliphatic rings. The van der Waals surface area contributed by atoms with E-state index in [0.29, 0.717) is 0 Å². The van der Waals surface area contributed by atoms with Crippen LogP contribution in [0.5, 0.6) is 5.75 Å². The van der Waals surface area contributed by atoms with Gasteiger partial charge in [-0.25, -0.2) is 0 Å². The first-order chi connectivity index (χ1) is 11.0. The molecule has 2 atom stereocenters. The average Bonchev–Trinajstić information content (AvgIpc) is 2.56. The largest absolute Gasteiger partial charge is 0.497 e. The van der Waals surface area contributed by atoms with E-state index in [1.807, 2.05) is 49.4 Å². The van der Waals surface area contributed by atoms with Crippen molar-refractivity contribution in [1.82, 2.24) is 0 Å². The van der Waals surface area contributed by atoms with E-state index in [1.165, 1.54) is 5.56 Å². The Bertz CT molecular complexity index is 566. The molecule has 0 heterocycles. The maximum atomic E-state index is 9.84. The van der Waals surface area contributed by atoms with Crippen LogP contribution in [0, 0.1) is 19.9 Å². The predicted molar refractivity (Wildman–Crippen MR) is 97.1 cm³/mol. The molecular weight excluding hydrogens is 336 g/mol. The van der Waals surface area contributed by atoms with Crippen LogP contribution >= 0.6 is 0 Å². The van der Waals surface area contributed by atoms with Gasteiger partial charge in [-0.2, -0.15) is 35.4 Å². The number of aliphatic hydroxyl groups excluding tert-OH is 1. The van der Waals surface area contributed by atoms with Crippen molar-refractivity contribution in [2.45, 2.75) is 52.6 Å². The van der Waals surface area contributed by atoms with Crippen molar-refractivity contribution < 1.29 is 27.2 Å². The standard InChI is InChI=1S/C13H19O.C8H10O.Cr/c1-4-6-13(14)11(3)12-8-5-7-10(2)9-12;1-7-3-5-8(9-2)6-4-7;/h5,7-8,11,13-14H,4,6H2,1-3H3;3-6H,1-2H3;/q-1;;/t11-,13-;;/m1../s1. The molecule has 1 N–H and O–H groups in total. The molecule has 0 saturated heterocycles. The van der Waals surface area contributed by atoms with Crippen molar-refractivity contribution >= 4 is 0 Å². The normalized spacial score (nSPS) is 12.2. The fraction of sp³-hybridized carbons (Fsp3) is 0.429. The number of methoxy groups -OCH3 is 1. The third-order valence-electron chi connectivity index (χ3n) is 3.87. The van der Waals surface area contributed by atoms with Crippen LogP contribution in [0.1, 0.15) is 49.3 Å². The van der Waals surface area contributed by atoms with E-state index in [0.717, 1.165) is 29.7 Å². The topological polar surface area (TPSA) is 29.5 Å². The molecule has 2 aromatic rings. The molecule has 0 aliphatic heterocycles. The summed E-state index contributed by atoms with van der Waals surface area (Å²) in [4.78, 5) is 0. The Kier molecular flexibility index (Phi) is 11.5. The zero-order valence-corrected chi connectivity index (χ0v) is 16.6. The molecule has 0 unspecified atom stereocenters. The van der Waals surface area contributed by atoms with Crippen LogP contribution in [0.15, 0.2) is 42.5 Å². The maximum Gasteiger partial charge on any atom is 0.118 e. The van der Waals surface area contributed by atoms with Crippen molar-refractivity contribution in [3.05, 3.63) is 65.2 Å². The third kappa shape index (κ3) is 8.02. The Morgan fingerprint density at radius 1 is 1.08 bits per heavy atom. The van der Waals surface area contributed by atoms with Crippen LogP contribution in [0.4, 0.5) is 0 Å². The fourth-order valence-electron chi connectivity index (χ4n) is 2.30. The molecule has 132 valence electrons. The van der Waals surface area contributed by atoms with Crippen molar-refractivity contribution in [1.29, 1.82) is 0 Å². The summed E-state index contributed by atoms with van der Waals surface area (Å²) >= 11 is 0. The molecule has 0 bridgehead atoms. The van der Waals surface area contributed by atoms with Gasteiger partial charge < -0.3 is 9.84 Å². The van der Waals surface area contributed by atoms with E-state index in [2.05, 4.69) is 26.8 Å². The summed E-state index contributed by atoms with van der Waals surface area (Å²) in [5, 5.41) is 9.84. The first-order valence-corrected chi connectivity index (χ1v) is 8.25. The van der Waals surface area contributed by atoms with Crippen LogP contribution < -0.4 is 4.74 Å². The smallest absolute Gasteiger partial charge is 0.118 e. The van der Waals surface area contributed by atoms with Crippen molar-refractivity contribution in [2.24, 2.45) is 0 Å². The summed E-state index contributed by atoms with van der Waals surface area (Å²) in [6.45, 7) is 8.24. The summed E-state index contributed by atoms with van der Waals surface area (Å²) < 4.78 is 4.97. The van der Waals surface area contributed by atoms with Crippen molar-refractivity contribution in [3.8, 4) is 5.75 Å². The summed E-state index contributed by atoms with van der Waals surface area (Å²) in [7, 11) is 1.67. The number of ether oxygens (including phenoxy) is 1. The van der Waals surface area contributed by atoms with Gasteiger partial charge in [0.15, 0.2) is 0 Å². The number of rotatable bonds is 5. The summed E-state index contributed by atoms with van der Waals surface area (Å²) in [6.07, 6.45) is 1.65. The molecule has 2 rings (SSSR count). The van der Waals surface area contributed by atoms with Gasteiger partial charge in [0.25, 0.3) is 0 Å². The van der Waals surface area contributed by atoms with Crippen molar-refractivity contribution in [3.63, 3.8) is 0 Å². The van der Waals surface area contributed by atoms with Crippen LogP contribution in [0.25, 0.3) is 0 Å². The molecule has 24 heavy (non-hydrogen) atoms. The van der Waals surface area contributed by atoms with Crippen LogP contribution in [-0.2, 0) is 17.4 Å². The van der Waals surface area contributed by atoms with E-state index < -0.39 is 0 Å².